The molecule has 0 N–H and O–H groups in total. The van der Waals surface area contributed by atoms with E-state index in [1.807, 2.05) is 37.6 Å². The lowest BCUT2D eigenvalue weighted by atomic mass is 9.73. The Kier molecular flexibility index (Phi) is 4.65. The Morgan fingerprint density at radius 2 is 1.97 bits per heavy atom. The molecular weight excluding hydrogens is 414 g/mol. The number of carbonyl (C=O) groups excluding carboxylic acids is 1. The Hall–Kier alpha value is -3.81. The molecule has 0 spiro atoms. The lowest BCUT2D eigenvalue weighted by molar-refractivity contribution is 0.0685. The first-order valence-electron chi connectivity index (χ1n) is 10.1. The van der Waals surface area contributed by atoms with E-state index in [9.17, 15) is 13.6 Å². The molecule has 0 saturated carbocycles. The average Bonchev–Trinajstić information content (AvgIpc) is 3.43. The Balaban J connectivity index is 1.49. The number of halogens is 2. The van der Waals surface area contributed by atoms with Crippen LogP contribution >= 0.6 is 0 Å². The summed E-state index contributed by atoms with van der Waals surface area (Å²) in [5, 5.41) is 8.18. The average molecular weight is 434 g/mol. The SMILES string of the molecule is Cn1cc([C@@]2(C)CN(C(=O)c3cc(-c4ccc(F)cc4F)on3)Cc3ccccc32)cn1. The van der Waals surface area contributed by atoms with Crippen molar-refractivity contribution >= 4 is 5.91 Å². The van der Waals surface area contributed by atoms with Gasteiger partial charge in [0.25, 0.3) is 5.91 Å². The molecule has 0 radical (unpaired) electrons. The zero-order valence-corrected chi connectivity index (χ0v) is 17.5. The van der Waals surface area contributed by atoms with Crippen LogP contribution in [-0.2, 0) is 19.0 Å². The number of aryl methyl sites for hydroxylation is 1. The van der Waals surface area contributed by atoms with Crippen molar-refractivity contribution in [1.29, 1.82) is 0 Å². The van der Waals surface area contributed by atoms with Crippen molar-refractivity contribution in [1.82, 2.24) is 19.8 Å². The maximum absolute atomic E-state index is 14.1. The molecule has 1 atom stereocenters. The number of aromatic nitrogens is 3. The largest absolute Gasteiger partial charge is 0.355 e. The summed E-state index contributed by atoms with van der Waals surface area (Å²) in [5.74, 6) is -1.73. The molecule has 0 saturated heterocycles. The van der Waals surface area contributed by atoms with Crippen molar-refractivity contribution in [2.45, 2.75) is 18.9 Å². The maximum atomic E-state index is 14.1. The van der Waals surface area contributed by atoms with Crippen molar-refractivity contribution in [2.24, 2.45) is 7.05 Å². The number of nitrogens with zero attached hydrogens (tertiary/aromatic N) is 4. The van der Waals surface area contributed by atoms with Crippen LogP contribution in [0.3, 0.4) is 0 Å². The number of rotatable bonds is 3. The summed E-state index contributed by atoms with van der Waals surface area (Å²) in [6.45, 7) is 2.92. The molecule has 1 aliphatic rings. The molecule has 8 heteroatoms. The molecule has 1 amide bonds. The Morgan fingerprint density at radius 3 is 2.72 bits per heavy atom. The molecule has 0 bridgehead atoms. The summed E-state index contributed by atoms with van der Waals surface area (Å²) >= 11 is 0. The van der Waals surface area contributed by atoms with Gasteiger partial charge in [0.1, 0.15) is 11.6 Å². The summed E-state index contributed by atoms with van der Waals surface area (Å²) in [4.78, 5) is 15.1. The first kappa shape index (κ1) is 20.1. The fourth-order valence-electron chi connectivity index (χ4n) is 4.38. The van der Waals surface area contributed by atoms with Crippen LogP contribution < -0.4 is 0 Å². The van der Waals surface area contributed by atoms with Gasteiger partial charge in [-0.3, -0.25) is 9.48 Å². The molecule has 32 heavy (non-hydrogen) atoms. The highest BCUT2D eigenvalue weighted by atomic mass is 19.1. The van der Waals surface area contributed by atoms with Gasteiger partial charge in [-0.05, 0) is 30.2 Å². The molecule has 2 aromatic carbocycles. The molecule has 0 fully saturated rings. The molecule has 6 nitrogen and oxygen atoms in total. The van der Waals surface area contributed by atoms with E-state index in [1.165, 1.54) is 12.1 Å². The van der Waals surface area contributed by atoms with Gasteiger partial charge in [0.15, 0.2) is 11.5 Å². The molecular formula is C24H20F2N4O2. The van der Waals surface area contributed by atoms with Crippen molar-refractivity contribution in [2.75, 3.05) is 6.54 Å². The van der Waals surface area contributed by atoms with Crippen LogP contribution in [0.25, 0.3) is 11.3 Å². The fraction of sp³-hybridized carbons (Fsp3) is 0.208. The van der Waals surface area contributed by atoms with Crippen LogP contribution in [0.15, 0.2) is 65.4 Å². The predicted molar refractivity (Wildman–Crippen MR) is 113 cm³/mol. The van der Waals surface area contributed by atoms with E-state index >= 15 is 0 Å². The molecule has 4 aromatic rings. The third-order valence-corrected chi connectivity index (χ3v) is 6.04. The molecule has 2 aromatic heterocycles. The Morgan fingerprint density at radius 1 is 1.16 bits per heavy atom. The second kappa shape index (κ2) is 7.40. The highest BCUT2D eigenvalue weighted by Gasteiger charge is 2.40. The molecule has 162 valence electrons. The van der Waals surface area contributed by atoms with E-state index in [1.54, 1.807) is 9.58 Å². The number of carbonyl (C=O) groups is 1. The fourth-order valence-corrected chi connectivity index (χ4v) is 4.38. The van der Waals surface area contributed by atoms with E-state index in [0.29, 0.717) is 13.1 Å². The maximum Gasteiger partial charge on any atom is 0.276 e. The lowest BCUT2D eigenvalue weighted by Crippen LogP contribution is -2.47. The van der Waals surface area contributed by atoms with Crippen LogP contribution in [0.5, 0.6) is 0 Å². The van der Waals surface area contributed by atoms with Crippen LogP contribution in [-0.4, -0.2) is 32.3 Å². The highest BCUT2D eigenvalue weighted by Crippen LogP contribution is 2.39. The number of hydrogen-bond donors (Lipinski definition) is 0. The number of benzene rings is 2. The molecule has 1 aliphatic heterocycles. The van der Waals surface area contributed by atoms with E-state index < -0.39 is 17.0 Å². The topological polar surface area (TPSA) is 64.2 Å². The molecule has 3 heterocycles. The van der Waals surface area contributed by atoms with Crippen LogP contribution in [0.2, 0.25) is 0 Å². The van der Waals surface area contributed by atoms with Gasteiger partial charge < -0.3 is 9.42 Å². The van der Waals surface area contributed by atoms with Crippen molar-refractivity contribution < 1.29 is 18.1 Å². The quantitative estimate of drug-likeness (QED) is 0.482. The Labute approximate surface area is 183 Å². The van der Waals surface area contributed by atoms with Gasteiger partial charge >= 0.3 is 0 Å². The van der Waals surface area contributed by atoms with Crippen LogP contribution in [0, 0.1) is 11.6 Å². The summed E-state index contributed by atoms with van der Waals surface area (Å²) in [6.07, 6.45) is 3.77. The van der Waals surface area contributed by atoms with Crippen molar-refractivity contribution in [3.8, 4) is 11.3 Å². The van der Waals surface area contributed by atoms with E-state index in [2.05, 4.69) is 23.2 Å². The van der Waals surface area contributed by atoms with Crippen molar-refractivity contribution in [3.05, 3.63) is 94.9 Å². The minimum absolute atomic E-state index is 0.0436. The van der Waals surface area contributed by atoms with E-state index in [0.717, 1.165) is 28.8 Å². The second-order valence-electron chi connectivity index (χ2n) is 8.25. The first-order valence-corrected chi connectivity index (χ1v) is 10.1. The molecule has 5 rings (SSSR count). The van der Waals surface area contributed by atoms with Gasteiger partial charge in [-0.2, -0.15) is 5.10 Å². The predicted octanol–water partition coefficient (Wildman–Crippen LogP) is 4.32. The van der Waals surface area contributed by atoms with Gasteiger partial charge in [0.05, 0.1) is 11.8 Å². The number of amides is 1. The van der Waals surface area contributed by atoms with Gasteiger partial charge in [0.2, 0.25) is 0 Å². The second-order valence-corrected chi connectivity index (χ2v) is 8.25. The molecule has 0 aliphatic carbocycles. The van der Waals surface area contributed by atoms with E-state index in [4.69, 9.17) is 4.52 Å². The first-order chi connectivity index (χ1) is 15.3. The van der Waals surface area contributed by atoms with Crippen LogP contribution in [0.4, 0.5) is 8.78 Å². The lowest BCUT2D eigenvalue weighted by Gasteiger charge is -2.41. The minimum atomic E-state index is -0.781. The summed E-state index contributed by atoms with van der Waals surface area (Å²) < 4.78 is 34.3. The zero-order chi connectivity index (χ0) is 22.5. The zero-order valence-electron chi connectivity index (χ0n) is 17.5. The highest BCUT2D eigenvalue weighted by molar-refractivity contribution is 5.93. The van der Waals surface area contributed by atoms with Crippen LogP contribution in [0.1, 0.15) is 34.1 Å². The Bertz CT molecular complexity index is 1330. The summed E-state index contributed by atoms with van der Waals surface area (Å²) in [6, 6.07) is 12.6. The van der Waals surface area contributed by atoms with Gasteiger partial charge in [0, 0.05) is 49.4 Å². The smallest absolute Gasteiger partial charge is 0.276 e. The van der Waals surface area contributed by atoms with E-state index in [-0.39, 0.29) is 22.9 Å². The number of hydrogen-bond acceptors (Lipinski definition) is 4. The summed E-state index contributed by atoms with van der Waals surface area (Å²) in [5.41, 5.74) is 2.82. The van der Waals surface area contributed by atoms with Gasteiger partial charge in [-0.25, -0.2) is 8.78 Å². The normalized spacial score (nSPS) is 17.9. The third kappa shape index (κ3) is 3.28. The standard InChI is InChI=1S/C24H20F2N4O2/c1-24(16-11-27-29(2)13-16)14-30(12-15-5-3-4-6-19(15)24)23(31)21-10-22(32-28-21)18-8-7-17(25)9-20(18)26/h3-11,13H,12,14H2,1-2H3/t24-/m1/s1. The summed E-state index contributed by atoms with van der Waals surface area (Å²) in [7, 11) is 1.86. The van der Waals surface area contributed by atoms with Crippen molar-refractivity contribution in [3.63, 3.8) is 0 Å². The van der Waals surface area contributed by atoms with Gasteiger partial charge in [-0.15, -0.1) is 0 Å². The monoisotopic (exact) mass is 434 g/mol. The third-order valence-electron chi connectivity index (χ3n) is 6.04. The molecule has 0 unspecified atom stereocenters. The van der Waals surface area contributed by atoms with Gasteiger partial charge in [-0.1, -0.05) is 29.4 Å². The minimum Gasteiger partial charge on any atom is -0.355 e. The number of fused-ring (bicyclic) bond motifs is 1.